The molecule has 6 nitrogen and oxygen atoms in total. The molecule has 0 heterocycles. The van der Waals surface area contributed by atoms with Crippen LogP contribution in [0.3, 0.4) is 0 Å². The first-order valence-electron chi connectivity index (χ1n) is 5.99. The quantitative estimate of drug-likeness (QED) is 0.603. The summed E-state index contributed by atoms with van der Waals surface area (Å²) in [6.45, 7) is 4.91. The van der Waals surface area contributed by atoms with E-state index in [4.69, 9.17) is 4.74 Å². The number of hydrogen-bond acceptors (Lipinski definition) is 4. The molecule has 0 aliphatic rings. The summed E-state index contributed by atoms with van der Waals surface area (Å²) in [5.41, 5.74) is 0.493. The van der Waals surface area contributed by atoms with Crippen molar-refractivity contribution in [1.29, 1.82) is 0 Å². The van der Waals surface area contributed by atoms with Crippen LogP contribution >= 0.6 is 0 Å². The zero-order valence-corrected chi connectivity index (χ0v) is 11.3. The molecule has 1 aromatic carbocycles. The predicted molar refractivity (Wildman–Crippen MR) is 71.6 cm³/mol. The predicted octanol–water partition coefficient (Wildman–Crippen LogP) is 1.45. The van der Waals surface area contributed by atoms with E-state index in [0.29, 0.717) is 25.1 Å². The van der Waals surface area contributed by atoms with Crippen molar-refractivity contribution in [1.82, 2.24) is 4.90 Å². The van der Waals surface area contributed by atoms with Gasteiger partial charge in [0.15, 0.2) is 11.5 Å². The first kappa shape index (κ1) is 14.8. The number of anilines is 1. The van der Waals surface area contributed by atoms with Gasteiger partial charge in [0, 0.05) is 18.7 Å². The SMILES string of the molecule is CCN(CC)C(=O)c1cc(NC=O)c(O)c(OC)c1. The van der Waals surface area contributed by atoms with E-state index in [9.17, 15) is 14.7 Å². The molecule has 19 heavy (non-hydrogen) atoms. The molecule has 0 bridgehead atoms. The molecule has 0 radical (unpaired) electrons. The lowest BCUT2D eigenvalue weighted by Gasteiger charge is -2.19. The molecule has 104 valence electrons. The lowest BCUT2D eigenvalue weighted by atomic mass is 10.1. The van der Waals surface area contributed by atoms with Crippen molar-refractivity contribution in [2.45, 2.75) is 13.8 Å². The molecule has 6 heteroatoms. The van der Waals surface area contributed by atoms with Gasteiger partial charge in [0.25, 0.3) is 5.91 Å². The molecular weight excluding hydrogens is 248 g/mol. The van der Waals surface area contributed by atoms with Crippen molar-refractivity contribution < 1.29 is 19.4 Å². The van der Waals surface area contributed by atoms with Gasteiger partial charge in [0.2, 0.25) is 6.41 Å². The summed E-state index contributed by atoms with van der Waals surface area (Å²) < 4.78 is 4.99. The number of ether oxygens (including phenoxy) is 1. The number of rotatable bonds is 6. The summed E-state index contributed by atoms with van der Waals surface area (Å²) in [6, 6.07) is 2.87. The molecule has 0 fully saturated rings. The number of benzene rings is 1. The normalized spacial score (nSPS) is 9.84. The number of nitrogens with zero attached hydrogens (tertiary/aromatic N) is 1. The highest BCUT2D eigenvalue weighted by Gasteiger charge is 2.18. The molecule has 0 atom stereocenters. The first-order valence-corrected chi connectivity index (χ1v) is 5.99. The zero-order valence-electron chi connectivity index (χ0n) is 11.3. The Morgan fingerprint density at radius 3 is 2.53 bits per heavy atom. The zero-order chi connectivity index (χ0) is 14.4. The van der Waals surface area contributed by atoms with Crippen molar-refractivity contribution in [2.75, 3.05) is 25.5 Å². The van der Waals surface area contributed by atoms with Crippen LogP contribution in [0.1, 0.15) is 24.2 Å². The van der Waals surface area contributed by atoms with Gasteiger partial charge in [-0.1, -0.05) is 0 Å². The third kappa shape index (κ3) is 3.15. The average molecular weight is 266 g/mol. The third-order valence-corrected chi connectivity index (χ3v) is 2.81. The lowest BCUT2D eigenvalue weighted by Crippen LogP contribution is -2.30. The average Bonchev–Trinajstić information content (AvgIpc) is 2.42. The molecule has 0 aromatic heterocycles. The second-order valence-corrected chi connectivity index (χ2v) is 3.81. The third-order valence-electron chi connectivity index (χ3n) is 2.81. The standard InChI is InChI=1S/C13H18N2O4/c1-4-15(5-2)13(18)9-6-10(14-8-16)12(17)11(7-9)19-3/h6-8,17H,4-5H2,1-3H3,(H,14,16). The summed E-state index contributed by atoms with van der Waals surface area (Å²) in [7, 11) is 1.38. The van der Waals surface area contributed by atoms with Gasteiger partial charge in [0.05, 0.1) is 12.8 Å². The molecule has 2 amide bonds. The minimum Gasteiger partial charge on any atom is -0.503 e. The number of methoxy groups -OCH3 is 1. The number of phenols is 1. The Morgan fingerprint density at radius 1 is 1.42 bits per heavy atom. The Labute approximate surface area is 112 Å². The van der Waals surface area contributed by atoms with Crippen LogP contribution in [-0.4, -0.2) is 42.5 Å². The highest BCUT2D eigenvalue weighted by molar-refractivity contribution is 5.97. The molecule has 0 saturated heterocycles. The number of amides is 2. The summed E-state index contributed by atoms with van der Waals surface area (Å²) in [5, 5.41) is 12.1. The number of carbonyl (C=O) groups excluding carboxylic acids is 2. The molecule has 0 unspecified atom stereocenters. The Hall–Kier alpha value is -2.24. The van der Waals surface area contributed by atoms with E-state index in [1.807, 2.05) is 13.8 Å². The number of hydrogen-bond donors (Lipinski definition) is 2. The van der Waals surface area contributed by atoms with E-state index in [1.54, 1.807) is 4.90 Å². The topological polar surface area (TPSA) is 78.9 Å². The second kappa shape index (κ2) is 6.63. The van der Waals surface area contributed by atoms with Crippen molar-refractivity contribution in [3.05, 3.63) is 17.7 Å². The summed E-state index contributed by atoms with van der Waals surface area (Å²) in [6.07, 6.45) is 0.431. The summed E-state index contributed by atoms with van der Waals surface area (Å²) >= 11 is 0. The van der Waals surface area contributed by atoms with E-state index >= 15 is 0 Å². The van der Waals surface area contributed by atoms with E-state index in [0.717, 1.165) is 0 Å². The van der Waals surface area contributed by atoms with Crippen LogP contribution in [-0.2, 0) is 4.79 Å². The Bertz CT molecular complexity index is 470. The van der Waals surface area contributed by atoms with E-state index in [-0.39, 0.29) is 23.1 Å². The Kier molecular flexibility index (Phi) is 5.17. The minimum atomic E-state index is -0.203. The van der Waals surface area contributed by atoms with Gasteiger partial charge in [-0.15, -0.1) is 0 Å². The summed E-state index contributed by atoms with van der Waals surface area (Å²) in [4.78, 5) is 24.3. The number of aromatic hydroxyl groups is 1. The van der Waals surface area contributed by atoms with Crippen LogP contribution in [0.25, 0.3) is 0 Å². The first-order chi connectivity index (χ1) is 9.08. The van der Waals surface area contributed by atoms with Gasteiger partial charge in [-0.2, -0.15) is 0 Å². The van der Waals surface area contributed by atoms with E-state index in [1.165, 1.54) is 19.2 Å². The van der Waals surface area contributed by atoms with Crippen molar-refractivity contribution in [3.63, 3.8) is 0 Å². The molecule has 0 aliphatic carbocycles. The molecule has 0 spiro atoms. The van der Waals surface area contributed by atoms with E-state index < -0.39 is 0 Å². The van der Waals surface area contributed by atoms with Crippen molar-refractivity contribution in [2.24, 2.45) is 0 Å². The Balaban J connectivity index is 3.24. The summed E-state index contributed by atoms with van der Waals surface area (Å²) in [5.74, 6) is -0.245. The van der Waals surface area contributed by atoms with Crippen LogP contribution in [0, 0.1) is 0 Å². The van der Waals surface area contributed by atoms with Crippen molar-refractivity contribution in [3.8, 4) is 11.5 Å². The molecular formula is C13H18N2O4. The maximum absolute atomic E-state index is 12.2. The van der Waals surface area contributed by atoms with E-state index in [2.05, 4.69) is 5.32 Å². The van der Waals surface area contributed by atoms with Gasteiger partial charge in [-0.3, -0.25) is 9.59 Å². The monoisotopic (exact) mass is 266 g/mol. The lowest BCUT2D eigenvalue weighted by molar-refractivity contribution is -0.105. The second-order valence-electron chi connectivity index (χ2n) is 3.81. The maximum Gasteiger partial charge on any atom is 0.254 e. The largest absolute Gasteiger partial charge is 0.503 e. The fourth-order valence-electron chi connectivity index (χ4n) is 1.75. The minimum absolute atomic E-state index is 0.141. The molecule has 0 saturated carbocycles. The highest BCUT2D eigenvalue weighted by Crippen LogP contribution is 2.35. The van der Waals surface area contributed by atoms with Crippen LogP contribution in [0.4, 0.5) is 5.69 Å². The Morgan fingerprint density at radius 2 is 2.05 bits per heavy atom. The van der Waals surface area contributed by atoms with Gasteiger partial charge in [-0.05, 0) is 26.0 Å². The molecule has 2 N–H and O–H groups in total. The van der Waals surface area contributed by atoms with Crippen LogP contribution < -0.4 is 10.1 Å². The number of phenolic OH excluding ortho intramolecular Hbond substituents is 1. The van der Waals surface area contributed by atoms with Gasteiger partial charge < -0.3 is 20.1 Å². The van der Waals surface area contributed by atoms with Crippen LogP contribution in [0.5, 0.6) is 11.5 Å². The van der Waals surface area contributed by atoms with Crippen LogP contribution in [0.15, 0.2) is 12.1 Å². The highest BCUT2D eigenvalue weighted by atomic mass is 16.5. The molecule has 0 aliphatic heterocycles. The van der Waals surface area contributed by atoms with Gasteiger partial charge in [0.1, 0.15) is 0 Å². The number of nitrogens with one attached hydrogen (secondary N) is 1. The fraction of sp³-hybridized carbons (Fsp3) is 0.385. The van der Waals surface area contributed by atoms with Gasteiger partial charge >= 0.3 is 0 Å². The smallest absolute Gasteiger partial charge is 0.254 e. The molecule has 1 aromatic rings. The van der Waals surface area contributed by atoms with Crippen LogP contribution in [0.2, 0.25) is 0 Å². The maximum atomic E-state index is 12.2. The fourth-order valence-corrected chi connectivity index (χ4v) is 1.75. The molecule has 1 rings (SSSR count). The van der Waals surface area contributed by atoms with Crippen molar-refractivity contribution >= 4 is 18.0 Å². The number of carbonyl (C=O) groups is 2. The van der Waals surface area contributed by atoms with Gasteiger partial charge in [-0.25, -0.2) is 0 Å².